The Morgan fingerprint density at radius 3 is 2.46 bits per heavy atom. The first-order valence-corrected chi connectivity index (χ1v) is 9.72. The summed E-state index contributed by atoms with van der Waals surface area (Å²) in [4.78, 5) is 2.46. The Labute approximate surface area is 148 Å². The minimum atomic E-state index is -3.53. The Kier molecular flexibility index (Phi) is 4.97. The van der Waals surface area contributed by atoms with E-state index in [0.717, 1.165) is 5.56 Å². The molecule has 24 heavy (non-hydrogen) atoms. The average molecular weight is 365 g/mol. The number of benzene rings is 2. The summed E-state index contributed by atoms with van der Waals surface area (Å²) in [5, 5.41) is 0.431. The minimum absolute atomic E-state index is 0.0494. The van der Waals surface area contributed by atoms with Gasteiger partial charge in [-0.3, -0.25) is 4.90 Å². The van der Waals surface area contributed by atoms with Crippen molar-refractivity contribution in [1.29, 1.82) is 0 Å². The van der Waals surface area contributed by atoms with Crippen molar-refractivity contribution in [2.45, 2.75) is 17.9 Å². The first-order valence-electron chi connectivity index (χ1n) is 7.90. The van der Waals surface area contributed by atoms with Crippen LogP contribution in [0.2, 0.25) is 5.02 Å². The molecule has 1 aliphatic heterocycles. The monoisotopic (exact) mass is 364 g/mol. The maximum atomic E-state index is 12.9. The molecule has 0 aliphatic carbocycles. The highest BCUT2D eigenvalue weighted by Gasteiger charge is 2.33. The number of hydrogen-bond donors (Lipinski definition) is 0. The van der Waals surface area contributed by atoms with Crippen LogP contribution in [0.3, 0.4) is 0 Å². The SMILES string of the molecule is Cc1ccc(C2CN(S(=O)(=O)c3cccc(Cl)c3)CCN2C)cc1. The highest BCUT2D eigenvalue weighted by molar-refractivity contribution is 7.89. The second kappa shape index (κ2) is 6.84. The van der Waals surface area contributed by atoms with E-state index < -0.39 is 10.0 Å². The average Bonchev–Trinajstić information content (AvgIpc) is 2.56. The molecule has 0 saturated carbocycles. The Morgan fingerprint density at radius 2 is 1.79 bits per heavy atom. The lowest BCUT2D eigenvalue weighted by Crippen LogP contribution is -2.48. The molecule has 0 amide bonds. The van der Waals surface area contributed by atoms with Gasteiger partial charge in [-0.1, -0.05) is 47.5 Å². The molecule has 1 atom stereocenters. The molecule has 0 bridgehead atoms. The normalized spacial score (nSPS) is 20.2. The van der Waals surface area contributed by atoms with Crippen molar-refractivity contribution < 1.29 is 8.42 Å². The Hall–Kier alpha value is -1.40. The van der Waals surface area contributed by atoms with Gasteiger partial charge in [0, 0.05) is 30.7 Å². The van der Waals surface area contributed by atoms with Crippen LogP contribution < -0.4 is 0 Å². The zero-order chi connectivity index (χ0) is 17.3. The molecule has 6 heteroatoms. The Bertz CT molecular complexity index is 821. The van der Waals surface area contributed by atoms with Crippen molar-refractivity contribution >= 4 is 21.6 Å². The number of sulfonamides is 1. The molecule has 1 saturated heterocycles. The van der Waals surface area contributed by atoms with E-state index in [-0.39, 0.29) is 10.9 Å². The summed E-state index contributed by atoms with van der Waals surface area (Å²) in [6.45, 7) is 3.66. The van der Waals surface area contributed by atoms with Crippen LogP contribution in [0.5, 0.6) is 0 Å². The molecule has 2 aromatic rings. The van der Waals surface area contributed by atoms with Crippen LogP contribution in [0.15, 0.2) is 53.4 Å². The number of nitrogens with zero attached hydrogens (tertiary/aromatic N) is 2. The van der Waals surface area contributed by atoms with Crippen LogP contribution in [0.4, 0.5) is 0 Å². The predicted octanol–water partition coefficient (Wildman–Crippen LogP) is 3.33. The Balaban J connectivity index is 1.88. The largest absolute Gasteiger partial charge is 0.297 e. The fraction of sp³-hybridized carbons (Fsp3) is 0.333. The van der Waals surface area contributed by atoms with E-state index in [4.69, 9.17) is 11.6 Å². The summed E-state index contributed by atoms with van der Waals surface area (Å²) in [7, 11) is -1.50. The van der Waals surface area contributed by atoms with Gasteiger partial charge in [-0.15, -0.1) is 0 Å². The number of aryl methyl sites for hydroxylation is 1. The van der Waals surface area contributed by atoms with Crippen molar-refractivity contribution in [2.24, 2.45) is 0 Å². The van der Waals surface area contributed by atoms with Gasteiger partial charge in [0.05, 0.1) is 4.90 Å². The standard InChI is InChI=1S/C18H21ClN2O2S/c1-14-6-8-15(9-7-14)18-13-21(11-10-20(18)2)24(22,23)17-5-3-4-16(19)12-17/h3-9,12,18H,10-11,13H2,1-2H3. The number of hydrogen-bond acceptors (Lipinski definition) is 3. The molecule has 128 valence electrons. The van der Waals surface area contributed by atoms with E-state index in [1.165, 1.54) is 11.6 Å². The van der Waals surface area contributed by atoms with Crippen molar-refractivity contribution in [3.05, 3.63) is 64.7 Å². The summed E-state index contributed by atoms with van der Waals surface area (Å²) in [5.74, 6) is 0. The van der Waals surface area contributed by atoms with Crippen LogP contribution in [-0.4, -0.2) is 44.3 Å². The molecule has 1 unspecified atom stereocenters. The maximum Gasteiger partial charge on any atom is 0.243 e. The van der Waals surface area contributed by atoms with Crippen LogP contribution in [0.1, 0.15) is 17.2 Å². The van der Waals surface area contributed by atoms with Gasteiger partial charge in [-0.25, -0.2) is 8.42 Å². The number of rotatable bonds is 3. The smallest absolute Gasteiger partial charge is 0.243 e. The molecule has 4 nitrogen and oxygen atoms in total. The molecular weight excluding hydrogens is 344 g/mol. The lowest BCUT2D eigenvalue weighted by molar-refractivity contribution is 0.148. The van der Waals surface area contributed by atoms with Gasteiger partial charge in [-0.05, 0) is 37.7 Å². The van der Waals surface area contributed by atoms with Gasteiger partial charge in [0.15, 0.2) is 0 Å². The third-order valence-corrected chi connectivity index (χ3v) is 6.60. The molecule has 0 radical (unpaired) electrons. The maximum absolute atomic E-state index is 12.9. The van der Waals surface area contributed by atoms with Gasteiger partial charge in [0.2, 0.25) is 10.0 Å². The van der Waals surface area contributed by atoms with Crippen molar-refractivity contribution in [2.75, 3.05) is 26.7 Å². The zero-order valence-electron chi connectivity index (χ0n) is 13.8. The quantitative estimate of drug-likeness (QED) is 0.838. The molecule has 1 aliphatic rings. The lowest BCUT2D eigenvalue weighted by Gasteiger charge is -2.39. The van der Waals surface area contributed by atoms with E-state index in [1.54, 1.807) is 22.5 Å². The zero-order valence-corrected chi connectivity index (χ0v) is 15.4. The van der Waals surface area contributed by atoms with E-state index in [2.05, 4.69) is 29.2 Å². The molecular formula is C18H21ClN2O2S. The summed E-state index contributed by atoms with van der Waals surface area (Å²) in [5.41, 5.74) is 2.33. The lowest BCUT2D eigenvalue weighted by atomic mass is 10.0. The van der Waals surface area contributed by atoms with E-state index in [1.807, 2.05) is 14.0 Å². The van der Waals surface area contributed by atoms with Crippen LogP contribution in [0.25, 0.3) is 0 Å². The van der Waals surface area contributed by atoms with Crippen LogP contribution in [-0.2, 0) is 10.0 Å². The molecule has 2 aromatic carbocycles. The van der Waals surface area contributed by atoms with Gasteiger partial charge in [-0.2, -0.15) is 4.31 Å². The highest BCUT2D eigenvalue weighted by Crippen LogP contribution is 2.28. The molecule has 0 N–H and O–H groups in total. The number of likely N-dealkylation sites (N-methyl/N-ethyl adjacent to an activating group) is 1. The molecule has 1 heterocycles. The second-order valence-electron chi connectivity index (χ2n) is 6.23. The topological polar surface area (TPSA) is 40.6 Å². The van der Waals surface area contributed by atoms with Crippen molar-refractivity contribution in [1.82, 2.24) is 9.21 Å². The summed E-state index contributed by atoms with van der Waals surface area (Å²) in [6, 6.07) is 14.8. The van der Waals surface area contributed by atoms with Crippen molar-refractivity contribution in [3.8, 4) is 0 Å². The predicted molar refractivity (Wildman–Crippen MR) is 96.8 cm³/mol. The molecule has 3 rings (SSSR count). The number of halogens is 1. The third kappa shape index (κ3) is 3.49. The van der Waals surface area contributed by atoms with E-state index >= 15 is 0 Å². The first-order chi connectivity index (χ1) is 11.4. The van der Waals surface area contributed by atoms with Crippen LogP contribution in [0, 0.1) is 6.92 Å². The van der Waals surface area contributed by atoms with Gasteiger partial charge in [0.1, 0.15) is 0 Å². The summed E-state index contributed by atoms with van der Waals surface area (Å²) in [6.07, 6.45) is 0. The second-order valence-corrected chi connectivity index (χ2v) is 8.60. The van der Waals surface area contributed by atoms with Gasteiger partial charge < -0.3 is 0 Å². The third-order valence-electron chi connectivity index (χ3n) is 4.51. The fourth-order valence-electron chi connectivity index (χ4n) is 2.99. The van der Waals surface area contributed by atoms with Gasteiger partial charge in [0.25, 0.3) is 0 Å². The highest BCUT2D eigenvalue weighted by atomic mass is 35.5. The van der Waals surface area contributed by atoms with E-state index in [0.29, 0.717) is 24.7 Å². The summed E-state index contributed by atoms with van der Waals surface area (Å²) < 4.78 is 27.4. The first kappa shape index (κ1) is 17.4. The van der Waals surface area contributed by atoms with Gasteiger partial charge >= 0.3 is 0 Å². The molecule has 0 aromatic heterocycles. The number of piperazine rings is 1. The Morgan fingerprint density at radius 1 is 1.08 bits per heavy atom. The fourth-order valence-corrected chi connectivity index (χ4v) is 4.73. The molecule has 0 spiro atoms. The van der Waals surface area contributed by atoms with Crippen LogP contribution >= 0.6 is 11.6 Å². The minimum Gasteiger partial charge on any atom is -0.297 e. The van der Waals surface area contributed by atoms with E-state index in [9.17, 15) is 8.42 Å². The molecule has 1 fully saturated rings. The van der Waals surface area contributed by atoms with Crippen molar-refractivity contribution in [3.63, 3.8) is 0 Å². The summed E-state index contributed by atoms with van der Waals surface area (Å²) >= 11 is 5.96.